The molecule has 2 amide bonds. The fourth-order valence-electron chi connectivity index (χ4n) is 3.17. The summed E-state index contributed by atoms with van der Waals surface area (Å²) < 4.78 is 0.941. The lowest BCUT2D eigenvalue weighted by atomic mass is 10.1. The minimum absolute atomic E-state index is 0.284. The quantitative estimate of drug-likeness (QED) is 0.468. The van der Waals surface area contributed by atoms with Gasteiger partial charge in [-0.15, -0.1) is 22.7 Å². The highest BCUT2D eigenvalue weighted by molar-refractivity contribution is 7.21. The second-order valence-electron chi connectivity index (χ2n) is 6.27. The van der Waals surface area contributed by atoms with Crippen LogP contribution in [0.25, 0.3) is 10.1 Å². The van der Waals surface area contributed by atoms with Gasteiger partial charge in [0.05, 0.1) is 9.90 Å². The SMILES string of the molecule is O=C(NNC(=O)c1sc2ccccc2c1Cl)c1cc2c(s1)CCCCC2. The summed E-state index contributed by atoms with van der Waals surface area (Å²) in [7, 11) is 0. The average Bonchev–Trinajstić information content (AvgIpc) is 3.14. The predicted molar refractivity (Wildman–Crippen MR) is 107 cm³/mol. The maximum Gasteiger partial charge on any atom is 0.281 e. The Balaban J connectivity index is 1.45. The van der Waals surface area contributed by atoms with E-state index in [4.69, 9.17) is 11.6 Å². The molecule has 0 aliphatic heterocycles. The molecule has 0 bridgehead atoms. The smallest absolute Gasteiger partial charge is 0.266 e. The summed E-state index contributed by atoms with van der Waals surface area (Å²) in [6.45, 7) is 0. The van der Waals surface area contributed by atoms with E-state index in [0.29, 0.717) is 14.8 Å². The van der Waals surface area contributed by atoms with Crippen LogP contribution in [-0.4, -0.2) is 11.8 Å². The molecule has 0 atom stereocenters. The standard InChI is InChI=1S/C19H17ClN2O2S2/c20-16-12-7-4-5-9-14(12)26-17(16)19(24)22-21-18(23)15-10-11-6-2-1-3-8-13(11)25-15/h4-5,7,9-10H,1-3,6,8H2,(H,21,23)(H,22,24). The molecule has 4 nitrogen and oxygen atoms in total. The third-order valence-electron chi connectivity index (χ3n) is 4.50. The summed E-state index contributed by atoms with van der Waals surface area (Å²) in [5, 5.41) is 1.26. The number of hydrogen-bond donors (Lipinski definition) is 2. The maximum absolute atomic E-state index is 12.4. The first-order valence-electron chi connectivity index (χ1n) is 8.53. The van der Waals surface area contributed by atoms with E-state index in [1.54, 1.807) is 0 Å². The van der Waals surface area contributed by atoms with Crippen LogP contribution in [-0.2, 0) is 12.8 Å². The van der Waals surface area contributed by atoms with Crippen molar-refractivity contribution in [3.8, 4) is 0 Å². The number of benzene rings is 1. The van der Waals surface area contributed by atoms with Gasteiger partial charge in [-0.1, -0.05) is 36.2 Å². The molecule has 4 rings (SSSR count). The maximum atomic E-state index is 12.4. The van der Waals surface area contributed by atoms with E-state index in [-0.39, 0.29) is 5.91 Å². The lowest BCUT2D eigenvalue weighted by molar-refractivity contribution is 0.0851. The Morgan fingerprint density at radius 2 is 1.73 bits per heavy atom. The summed E-state index contributed by atoms with van der Waals surface area (Å²) in [4.78, 5) is 27.1. The first-order valence-corrected chi connectivity index (χ1v) is 10.5. The average molecular weight is 405 g/mol. The Morgan fingerprint density at radius 1 is 0.962 bits per heavy atom. The minimum Gasteiger partial charge on any atom is -0.266 e. The van der Waals surface area contributed by atoms with Gasteiger partial charge in [-0.25, -0.2) is 0 Å². The Hall–Kier alpha value is -1.89. The van der Waals surface area contributed by atoms with Gasteiger partial charge in [0.1, 0.15) is 4.88 Å². The van der Waals surface area contributed by atoms with Crippen LogP contribution in [0.3, 0.4) is 0 Å². The van der Waals surface area contributed by atoms with E-state index in [2.05, 4.69) is 10.9 Å². The number of nitrogens with one attached hydrogen (secondary N) is 2. The molecule has 2 aromatic heterocycles. The summed E-state index contributed by atoms with van der Waals surface area (Å²) in [6.07, 6.45) is 5.66. The van der Waals surface area contributed by atoms with Gasteiger partial charge >= 0.3 is 0 Å². The van der Waals surface area contributed by atoms with Crippen LogP contribution in [0, 0.1) is 0 Å². The van der Waals surface area contributed by atoms with Crippen molar-refractivity contribution in [1.29, 1.82) is 0 Å². The van der Waals surface area contributed by atoms with Crippen LogP contribution in [0.2, 0.25) is 5.02 Å². The first-order chi connectivity index (χ1) is 12.6. The Morgan fingerprint density at radius 3 is 2.58 bits per heavy atom. The number of halogens is 1. The molecule has 134 valence electrons. The molecule has 0 saturated carbocycles. The van der Waals surface area contributed by atoms with Crippen LogP contribution < -0.4 is 10.9 Å². The van der Waals surface area contributed by atoms with Crippen molar-refractivity contribution in [2.24, 2.45) is 0 Å². The van der Waals surface area contributed by atoms with Crippen molar-refractivity contribution < 1.29 is 9.59 Å². The van der Waals surface area contributed by atoms with E-state index in [1.807, 2.05) is 30.3 Å². The molecular formula is C19H17ClN2O2S2. The van der Waals surface area contributed by atoms with E-state index < -0.39 is 5.91 Å². The minimum atomic E-state index is -0.400. The Kier molecular flexibility index (Phi) is 4.98. The topological polar surface area (TPSA) is 58.2 Å². The fraction of sp³-hybridized carbons (Fsp3) is 0.263. The number of amides is 2. The van der Waals surface area contributed by atoms with Gasteiger partial charge in [0.2, 0.25) is 0 Å². The van der Waals surface area contributed by atoms with Crippen molar-refractivity contribution in [3.63, 3.8) is 0 Å². The predicted octanol–water partition coefficient (Wildman–Crippen LogP) is 4.96. The van der Waals surface area contributed by atoms with Crippen molar-refractivity contribution >= 4 is 56.2 Å². The van der Waals surface area contributed by atoms with Crippen LogP contribution in [0.4, 0.5) is 0 Å². The molecule has 2 heterocycles. The van der Waals surface area contributed by atoms with Crippen LogP contribution >= 0.6 is 34.3 Å². The number of hydrazine groups is 1. The molecule has 0 saturated heterocycles. The van der Waals surface area contributed by atoms with Gasteiger partial charge < -0.3 is 0 Å². The van der Waals surface area contributed by atoms with E-state index in [9.17, 15) is 9.59 Å². The highest BCUT2D eigenvalue weighted by Gasteiger charge is 2.19. The van der Waals surface area contributed by atoms with Gasteiger partial charge in [0.25, 0.3) is 11.8 Å². The molecule has 0 radical (unpaired) electrons. The van der Waals surface area contributed by atoms with Gasteiger partial charge in [-0.3, -0.25) is 20.4 Å². The molecule has 3 aromatic rings. The van der Waals surface area contributed by atoms with Crippen LogP contribution in [0.1, 0.15) is 49.0 Å². The molecule has 0 unspecified atom stereocenters. The lowest BCUT2D eigenvalue weighted by Gasteiger charge is -2.05. The van der Waals surface area contributed by atoms with Crippen LogP contribution in [0.5, 0.6) is 0 Å². The van der Waals surface area contributed by atoms with E-state index in [1.165, 1.54) is 52.4 Å². The van der Waals surface area contributed by atoms with E-state index in [0.717, 1.165) is 22.9 Å². The zero-order chi connectivity index (χ0) is 18.1. The number of carbonyl (C=O) groups excluding carboxylic acids is 2. The second kappa shape index (κ2) is 7.39. The highest BCUT2D eigenvalue weighted by Crippen LogP contribution is 2.35. The Bertz CT molecular complexity index is 969. The fourth-order valence-corrected chi connectivity index (χ4v) is 5.73. The summed E-state index contributed by atoms with van der Waals surface area (Å²) in [5.74, 6) is -0.684. The number of fused-ring (bicyclic) bond motifs is 2. The van der Waals surface area contributed by atoms with E-state index >= 15 is 0 Å². The molecule has 1 aromatic carbocycles. The van der Waals surface area contributed by atoms with Gasteiger partial charge in [0.15, 0.2) is 0 Å². The number of rotatable bonds is 2. The number of carbonyl (C=O) groups is 2. The third kappa shape index (κ3) is 3.37. The number of thiophene rings is 2. The third-order valence-corrected chi connectivity index (χ3v) is 7.41. The largest absolute Gasteiger partial charge is 0.281 e. The Labute approximate surface area is 164 Å². The molecule has 1 aliphatic carbocycles. The van der Waals surface area contributed by atoms with Crippen molar-refractivity contribution in [3.05, 3.63) is 55.5 Å². The normalized spacial score (nSPS) is 13.9. The van der Waals surface area contributed by atoms with Gasteiger partial charge in [-0.05, 0) is 43.4 Å². The van der Waals surface area contributed by atoms with Crippen LogP contribution in [0.15, 0.2) is 30.3 Å². The molecule has 0 spiro atoms. The molecular weight excluding hydrogens is 388 g/mol. The lowest BCUT2D eigenvalue weighted by Crippen LogP contribution is -2.41. The van der Waals surface area contributed by atoms with Crippen molar-refractivity contribution in [1.82, 2.24) is 10.9 Å². The molecule has 1 aliphatic rings. The van der Waals surface area contributed by atoms with Crippen molar-refractivity contribution in [2.45, 2.75) is 32.1 Å². The number of aryl methyl sites for hydroxylation is 2. The summed E-state index contributed by atoms with van der Waals surface area (Å²) in [5.41, 5.74) is 6.27. The van der Waals surface area contributed by atoms with Crippen molar-refractivity contribution in [2.75, 3.05) is 0 Å². The summed E-state index contributed by atoms with van der Waals surface area (Å²) in [6, 6.07) is 9.53. The molecule has 0 fully saturated rings. The molecule has 26 heavy (non-hydrogen) atoms. The summed E-state index contributed by atoms with van der Waals surface area (Å²) >= 11 is 9.14. The zero-order valence-electron chi connectivity index (χ0n) is 13.9. The molecule has 7 heteroatoms. The van der Waals surface area contributed by atoms with Gasteiger partial charge in [0, 0.05) is 15.0 Å². The monoisotopic (exact) mass is 404 g/mol. The zero-order valence-corrected chi connectivity index (χ0v) is 16.3. The second-order valence-corrected chi connectivity index (χ2v) is 8.84. The molecule has 2 N–H and O–H groups in total. The first kappa shape index (κ1) is 17.5. The highest BCUT2D eigenvalue weighted by atomic mass is 35.5. The van der Waals surface area contributed by atoms with Gasteiger partial charge in [-0.2, -0.15) is 0 Å². The number of hydrogen-bond acceptors (Lipinski definition) is 4.